The number of hydrogen-bond acceptors (Lipinski definition) is 2. The van der Waals surface area contributed by atoms with Gasteiger partial charge in [-0.15, -0.1) is 0 Å². The monoisotopic (exact) mass is 450 g/mol. The Kier molecular flexibility index (Phi) is 25.8. The Bertz CT molecular complexity index is 402. The fraction of sp³-hybridized carbons (Fsp3) is 0.900. The van der Waals surface area contributed by atoms with E-state index in [1.807, 2.05) is 0 Å². The van der Waals surface area contributed by atoms with Crippen LogP contribution in [0.15, 0.2) is 12.2 Å². The lowest BCUT2D eigenvalue weighted by Crippen LogP contribution is -2.18. The lowest BCUT2D eigenvalue weighted by molar-refractivity contribution is -0.149. The predicted molar refractivity (Wildman–Crippen MR) is 142 cm³/mol. The third-order valence-electron chi connectivity index (χ3n) is 6.55. The second kappa shape index (κ2) is 26.5. The molecule has 190 valence electrons. The fourth-order valence-electron chi connectivity index (χ4n) is 4.30. The molecule has 0 saturated carbocycles. The number of rotatable bonds is 25. The number of esters is 1. The Morgan fingerprint density at radius 2 is 0.969 bits per heavy atom. The second-order valence-corrected chi connectivity index (χ2v) is 9.79. The van der Waals surface area contributed by atoms with Gasteiger partial charge in [0.2, 0.25) is 0 Å². The first-order chi connectivity index (χ1) is 15.8. The van der Waals surface area contributed by atoms with E-state index >= 15 is 0 Å². The van der Waals surface area contributed by atoms with E-state index in [4.69, 9.17) is 4.74 Å². The first-order valence-corrected chi connectivity index (χ1v) is 14.6. The van der Waals surface area contributed by atoms with Gasteiger partial charge in [0.25, 0.3) is 0 Å². The molecule has 0 aromatic rings. The summed E-state index contributed by atoms with van der Waals surface area (Å²) in [5.74, 6) is 0.214. The number of allylic oxidation sites excluding steroid dienone is 2. The molecule has 2 heteroatoms. The van der Waals surface area contributed by atoms with Crippen molar-refractivity contribution in [1.29, 1.82) is 0 Å². The number of carbonyl (C=O) groups excluding carboxylic acids is 1. The quantitative estimate of drug-likeness (QED) is 0.0785. The molecule has 0 heterocycles. The third kappa shape index (κ3) is 22.4. The highest BCUT2D eigenvalue weighted by Gasteiger charge is 2.19. The Labute approximate surface area is 202 Å². The van der Waals surface area contributed by atoms with Crippen LogP contribution >= 0.6 is 0 Å². The van der Waals surface area contributed by atoms with Gasteiger partial charge in [-0.1, -0.05) is 129 Å². The van der Waals surface area contributed by atoms with Crippen molar-refractivity contribution in [3.05, 3.63) is 12.2 Å². The molecule has 0 bridgehead atoms. The van der Waals surface area contributed by atoms with Crippen LogP contribution in [0.4, 0.5) is 0 Å². The topological polar surface area (TPSA) is 26.3 Å². The molecule has 0 aliphatic heterocycles. The van der Waals surface area contributed by atoms with E-state index in [2.05, 4.69) is 32.9 Å². The molecule has 0 N–H and O–H groups in total. The highest BCUT2D eigenvalue weighted by molar-refractivity contribution is 5.72. The van der Waals surface area contributed by atoms with Crippen LogP contribution in [0.2, 0.25) is 0 Å². The zero-order valence-electron chi connectivity index (χ0n) is 22.3. The van der Waals surface area contributed by atoms with Crippen LogP contribution in [-0.4, -0.2) is 12.6 Å². The minimum Gasteiger partial charge on any atom is -0.465 e. The molecule has 0 aliphatic rings. The summed E-state index contributed by atoms with van der Waals surface area (Å²) in [5.41, 5.74) is 0. The maximum atomic E-state index is 12.6. The molecule has 0 rings (SSSR count). The molecule has 2 nitrogen and oxygen atoms in total. The van der Waals surface area contributed by atoms with E-state index in [1.54, 1.807) is 0 Å². The van der Waals surface area contributed by atoms with Crippen molar-refractivity contribution < 1.29 is 9.53 Å². The average molecular weight is 451 g/mol. The van der Waals surface area contributed by atoms with Gasteiger partial charge in [0.1, 0.15) is 0 Å². The summed E-state index contributed by atoms with van der Waals surface area (Å²) >= 11 is 0. The van der Waals surface area contributed by atoms with Crippen molar-refractivity contribution in [2.45, 2.75) is 162 Å². The molecule has 0 aliphatic carbocycles. The largest absolute Gasteiger partial charge is 0.465 e. The predicted octanol–water partition coefficient (Wildman–Crippen LogP) is 10.3. The van der Waals surface area contributed by atoms with Crippen molar-refractivity contribution in [2.24, 2.45) is 5.92 Å². The molecule has 0 radical (unpaired) electrons. The van der Waals surface area contributed by atoms with Gasteiger partial charge in [-0.25, -0.2) is 0 Å². The Morgan fingerprint density at radius 1 is 0.562 bits per heavy atom. The van der Waals surface area contributed by atoms with Crippen LogP contribution in [0.5, 0.6) is 0 Å². The molecule has 0 saturated heterocycles. The molecule has 1 unspecified atom stereocenters. The van der Waals surface area contributed by atoms with Crippen LogP contribution in [0, 0.1) is 5.92 Å². The Morgan fingerprint density at radius 3 is 1.50 bits per heavy atom. The third-order valence-corrected chi connectivity index (χ3v) is 6.55. The van der Waals surface area contributed by atoms with Crippen molar-refractivity contribution in [3.8, 4) is 0 Å². The summed E-state index contributed by atoms with van der Waals surface area (Å²) in [6.45, 7) is 7.35. The average Bonchev–Trinajstić information content (AvgIpc) is 2.80. The molecule has 0 amide bonds. The maximum Gasteiger partial charge on any atom is 0.308 e. The maximum absolute atomic E-state index is 12.6. The van der Waals surface area contributed by atoms with E-state index in [1.165, 1.54) is 122 Å². The summed E-state index contributed by atoms with van der Waals surface area (Å²) in [7, 11) is 0. The van der Waals surface area contributed by atoms with Gasteiger partial charge in [0.05, 0.1) is 12.5 Å². The Hall–Kier alpha value is -0.790. The van der Waals surface area contributed by atoms with Crippen LogP contribution in [0.3, 0.4) is 0 Å². The lowest BCUT2D eigenvalue weighted by Gasteiger charge is -2.16. The van der Waals surface area contributed by atoms with Gasteiger partial charge >= 0.3 is 5.97 Å². The smallest absolute Gasteiger partial charge is 0.308 e. The first-order valence-electron chi connectivity index (χ1n) is 14.6. The molecule has 0 aromatic heterocycles. The SMILES string of the molecule is CCCCCCCC/C=C\CCCCCCC(CCCCCC)C(=O)OCCCCCC. The molecular formula is C30H58O2. The van der Waals surface area contributed by atoms with Crippen LogP contribution in [-0.2, 0) is 9.53 Å². The zero-order valence-corrected chi connectivity index (χ0v) is 22.3. The second-order valence-electron chi connectivity index (χ2n) is 9.79. The molecular weight excluding hydrogens is 392 g/mol. The minimum absolute atomic E-state index is 0.0793. The van der Waals surface area contributed by atoms with Crippen molar-refractivity contribution in [3.63, 3.8) is 0 Å². The highest BCUT2D eigenvalue weighted by Crippen LogP contribution is 2.20. The molecule has 0 spiro atoms. The lowest BCUT2D eigenvalue weighted by atomic mass is 9.94. The van der Waals surface area contributed by atoms with E-state index in [9.17, 15) is 4.79 Å². The van der Waals surface area contributed by atoms with Crippen molar-refractivity contribution in [2.75, 3.05) is 6.61 Å². The van der Waals surface area contributed by atoms with E-state index in [-0.39, 0.29) is 11.9 Å². The van der Waals surface area contributed by atoms with Gasteiger partial charge in [-0.05, 0) is 44.9 Å². The van der Waals surface area contributed by atoms with Gasteiger partial charge < -0.3 is 4.74 Å². The molecule has 0 aromatic carbocycles. The van der Waals surface area contributed by atoms with Gasteiger partial charge in [0, 0.05) is 0 Å². The van der Waals surface area contributed by atoms with E-state index in [0.29, 0.717) is 6.61 Å². The number of carbonyl (C=O) groups is 1. The summed E-state index contributed by atoms with van der Waals surface area (Å²) in [6, 6.07) is 0. The number of hydrogen-bond donors (Lipinski definition) is 0. The number of unbranched alkanes of at least 4 members (excludes halogenated alkanes) is 16. The van der Waals surface area contributed by atoms with E-state index in [0.717, 1.165) is 19.3 Å². The van der Waals surface area contributed by atoms with Crippen LogP contribution in [0.25, 0.3) is 0 Å². The first kappa shape index (κ1) is 31.2. The Balaban J connectivity index is 3.84. The van der Waals surface area contributed by atoms with Gasteiger partial charge in [-0.3, -0.25) is 4.79 Å². The normalized spacial score (nSPS) is 12.5. The molecule has 1 atom stereocenters. The summed E-state index contributed by atoms with van der Waals surface area (Å²) in [4.78, 5) is 12.6. The van der Waals surface area contributed by atoms with Crippen molar-refractivity contribution >= 4 is 5.97 Å². The molecule has 32 heavy (non-hydrogen) atoms. The number of ether oxygens (including phenoxy) is 1. The fourth-order valence-corrected chi connectivity index (χ4v) is 4.30. The van der Waals surface area contributed by atoms with Crippen molar-refractivity contribution in [1.82, 2.24) is 0 Å². The van der Waals surface area contributed by atoms with Crippen LogP contribution in [0.1, 0.15) is 162 Å². The summed E-state index contributed by atoms with van der Waals surface area (Å²) < 4.78 is 5.63. The summed E-state index contributed by atoms with van der Waals surface area (Å²) in [5, 5.41) is 0. The zero-order chi connectivity index (χ0) is 23.5. The van der Waals surface area contributed by atoms with E-state index < -0.39 is 0 Å². The summed E-state index contributed by atoms with van der Waals surface area (Å²) in [6.07, 6.45) is 32.2. The van der Waals surface area contributed by atoms with Gasteiger partial charge in [-0.2, -0.15) is 0 Å². The molecule has 0 fully saturated rings. The highest BCUT2D eigenvalue weighted by atomic mass is 16.5. The van der Waals surface area contributed by atoms with Crippen LogP contribution < -0.4 is 0 Å². The van der Waals surface area contributed by atoms with Gasteiger partial charge in [0.15, 0.2) is 0 Å². The standard InChI is InChI=1S/C30H58O2/c1-4-7-10-13-14-15-16-17-18-19-20-21-22-24-27-29(26-23-11-8-5-2)30(31)32-28-25-12-9-6-3/h17-18,29H,4-16,19-28H2,1-3H3/b18-17-. The minimum atomic E-state index is 0.0793.